The number of nitro benzene ring substituents is 1. The van der Waals surface area contributed by atoms with Gasteiger partial charge in [-0.15, -0.1) is 0 Å². The number of rotatable bonds is 5. The van der Waals surface area contributed by atoms with E-state index in [-0.39, 0.29) is 5.69 Å². The molecule has 0 saturated carbocycles. The molecule has 3 heterocycles. The number of nitrogens with one attached hydrogen (secondary N) is 2. The first-order valence-corrected chi connectivity index (χ1v) is 7.77. The number of nitrogens with zero attached hydrogens (tertiary/aromatic N) is 6. The minimum absolute atomic E-state index is 0.0497. The summed E-state index contributed by atoms with van der Waals surface area (Å²) in [4.78, 5) is 19.5. The number of anilines is 2. The van der Waals surface area contributed by atoms with Crippen molar-refractivity contribution >= 4 is 28.4 Å². The average Bonchev–Trinajstić information content (AvgIpc) is 3.24. The number of hydrogen-bond donors (Lipinski definition) is 2. The number of aryl methyl sites for hydroxylation is 1. The van der Waals surface area contributed by atoms with Crippen molar-refractivity contribution in [3.05, 3.63) is 64.2 Å². The Morgan fingerprint density at radius 3 is 2.96 bits per heavy atom. The van der Waals surface area contributed by atoms with Gasteiger partial charge >= 0.3 is 0 Å². The van der Waals surface area contributed by atoms with E-state index in [9.17, 15) is 10.1 Å². The topological polar surface area (TPSA) is 127 Å². The van der Waals surface area contributed by atoms with Crippen LogP contribution in [0.1, 0.15) is 11.3 Å². The van der Waals surface area contributed by atoms with E-state index < -0.39 is 4.92 Å². The van der Waals surface area contributed by atoms with Gasteiger partial charge in [0, 0.05) is 31.8 Å². The van der Waals surface area contributed by atoms with Gasteiger partial charge in [0.05, 0.1) is 34.1 Å². The smallest absolute Gasteiger partial charge is 0.269 e. The van der Waals surface area contributed by atoms with Crippen LogP contribution in [0.2, 0.25) is 0 Å². The van der Waals surface area contributed by atoms with Gasteiger partial charge in [-0.3, -0.25) is 19.9 Å². The highest BCUT2D eigenvalue weighted by molar-refractivity contribution is 5.78. The van der Waals surface area contributed by atoms with Crippen molar-refractivity contribution in [3.63, 3.8) is 0 Å². The van der Waals surface area contributed by atoms with Gasteiger partial charge < -0.3 is 5.32 Å². The van der Waals surface area contributed by atoms with Crippen LogP contribution in [-0.2, 0) is 13.5 Å². The molecule has 10 nitrogen and oxygen atoms in total. The molecule has 0 fully saturated rings. The van der Waals surface area contributed by atoms with Crippen LogP contribution < -0.4 is 5.32 Å². The van der Waals surface area contributed by atoms with Crippen molar-refractivity contribution in [1.82, 2.24) is 29.9 Å². The predicted molar refractivity (Wildman–Crippen MR) is 94.1 cm³/mol. The second-order valence-corrected chi connectivity index (χ2v) is 5.76. The molecule has 0 atom stereocenters. The third-order valence-electron chi connectivity index (χ3n) is 3.84. The van der Waals surface area contributed by atoms with Crippen molar-refractivity contribution < 1.29 is 4.92 Å². The molecule has 10 heteroatoms. The third kappa shape index (κ3) is 3.07. The molecular weight excluding hydrogens is 336 g/mol. The molecule has 0 aliphatic heterocycles. The predicted octanol–water partition coefficient (Wildman–Crippen LogP) is 2.33. The van der Waals surface area contributed by atoms with E-state index >= 15 is 0 Å². The molecule has 4 rings (SSSR count). The average molecular weight is 350 g/mol. The van der Waals surface area contributed by atoms with E-state index in [4.69, 9.17) is 0 Å². The van der Waals surface area contributed by atoms with Crippen LogP contribution in [0.3, 0.4) is 0 Å². The highest BCUT2D eigenvalue weighted by Crippen LogP contribution is 2.22. The lowest BCUT2D eigenvalue weighted by Gasteiger charge is -2.07. The second-order valence-electron chi connectivity index (χ2n) is 5.76. The fourth-order valence-corrected chi connectivity index (χ4v) is 2.67. The van der Waals surface area contributed by atoms with Crippen molar-refractivity contribution in [1.29, 1.82) is 0 Å². The maximum atomic E-state index is 11.0. The van der Waals surface area contributed by atoms with Crippen LogP contribution in [0.25, 0.3) is 11.0 Å². The number of fused-ring (bicyclic) bond motifs is 1. The number of benzene rings is 1. The van der Waals surface area contributed by atoms with Crippen LogP contribution in [0.5, 0.6) is 0 Å². The van der Waals surface area contributed by atoms with E-state index in [1.165, 1.54) is 6.07 Å². The van der Waals surface area contributed by atoms with Crippen LogP contribution in [0.4, 0.5) is 17.3 Å². The molecule has 0 aliphatic carbocycles. The van der Waals surface area contributed by atoms with Crippen LogP contribution >= 0.6 is 0 Å². The first-order chi connectivity index (χ1) is 12.6. The van der Waals surface area contributed by atoms with Crippen LogP contribution in [0, 0.1) is 10.1 Å². The van der Waals surface area contributed by atoms with Crippen molar-refractivity contribution in [2.45, 2.75) is 6.42 Å². The van der Waals surface area contributed by atoms with E-state index in [2.05, 4.69) is 30.6 Å². The molecule has 0 spiro atoms. The lowest BCUT2D eigenvalue weighted by Crippen LogP contribution is -2.02. The van der Waals surface area contributed by atoms with Gasteiger partial charge in [-0.05, 0) is 5.56 Å². The highest BCUT2D eigenvalue weighted by Gasteiger charge is 2.13. The summed E-state index contributed by atoms with van der Waals surface area (Å²) < 4.78 is 1.67. The summed E-state index contributed by atoms with van der Waals surface area (Å²) in [6.07, 6.45) is 5.54. The zero-order chi connectivity index (χ0) is 18.1. The summed E-state index contributed by atoms with van der Waals surface area (Å²) >= 11 is 0. The van der Waals surface area contributed by atoms with E-state index in [1.807, 2.05) is 13.1 Å². The van der Waals surface area contributed by atoms with Gasteiger partial charge in [-0.25, -0.2) is 4.98 Å². The molecule has 4 aromatic rings. The minimum Gasteiger partial charge on any atom is -0.321 e. The fourth-order valence-electron chi connectivity index (χ4n) is 2.67. The van der Waals surface area contributed by atoms with Crippen molar-refractivity contribution in [2.75, 3.05) is 5.32 Å². The molecule has 2 N–H and O–H groups in total. The summed E-state index contributed by atoms with van der Waals surface area (Å²) in [6, 6.07) is 6.50. The molecule has 3 aromatic heterocycles. The maximum Gasteiger partial charge on any atom is 0.269 e. The molecule has 26 heavy (non-hydrogen) atoms. The molecule has 0 amide bonds. The molecule has 0 radical (unpaired) electrons. The summed E-state index contributed by atoms with van der Waals surface area (Å²) in [6.45, 7) is 0. The monoisotopic (exact) mass is 350 g/mol. The number of nitro groups is 1. The summed E-state index contributed by atoms with van der Waals surface area (Å²) in [5.74, 6) is 0.398. The number of aromatic amines is 1. The maximum absolute atomic E-state index is 11.0. The zero-order valence-electron chi connectivity index (χ0n) is 13.7. The standard InChI is InChI=1S/C16H14N8O2/c1-23-9-11(7-18-23)19-16-20-14(13-8-17-22-15(13)21-16)6-10-3-2-4-12(5-10)24(25)26/h2-5,7-9H,6H2,1H3,(H2,17,19,20,21,22). The van der Waals surface area contributed by atoms with Gasteiger partial charge in [0.15, 0.2) is 5.65 Å². The molecule has 1 aromatic carbocycles. The molecule has 0 bridgehead atoms. The Morgan fingerprint density at radius 1 is 1.31 bits per heavy atom. The van der Waals surface area contributed by atoms with E-state index in [1.54, 1.807) is 35.4 Å². The van der Waals surface area contributed by atoms with Gasteiger partial charge in [0.25, 0.3) is 5.69 Å². The van der Waals surface area contributed by atoms with Gasteiger partial charge in [0.2, 0.25) is 5.95 Å². The Kier molecular flexibility index (Phi) is 3.77. The Hall–Kier alpha value is -3.82. The third-order valence-corrected chi connectivity index (χ3v) is 3.84. The first-order valence-electron chi connectivity index (χ1n) is 7.77. The van der Waals surface area contributed by atoms with E-state index in [0.717, 1.165) is 22.3 Å². The Balaban J connectivity index is 1.70. The number of aromatic nitrogens is 6. The number of non-ortho nitro benzene ring substituents is 1. The lowest BCUT2D eigenvalue weighted by atomic mass is 10.1. The lowest BCUT2D eigenvalue weighted by molar-refractivity contribution is -0.384. The first kappa shape index (κ1) is 15.7. The quantitative estimate of drug-likeness (QED) is 0.417. The summed E-state index contributed by atoms with van der Waals surface area (Å²) in [7, 11) is 1.82. The second kappa shape index (κ2) is 6.24. The van der Waals surface area contributed by atoms with Crippen molar-refractivity contribution in [3.8, 4) is 0 Å². The van der Waals surface area contributed by atoms with Crippen LogP contribution in [-0.4, -0.2) is 34.9 Å². The summed E-state index contributed by atoms with van der Waals surface area (Å²) in [5.41, 5.74) is 2.90. The van der Waals surface area contributed by atoms with Gasteiger partial charge in [0.1, 0.15) is 0 Å². The fraction of sp³-hybridized carbons (Fsp3) is 0.125. The minimum atomic E-state index is -0.410. The van der Waals surface area contributed by atoms with Crippen LogP contribution in [0.15, 0.2) is 42.9 Å². The molecule has 0 aliphatic rings. The molecular formula is C16H14N8O2. The zero-order valence-corrected chi connectivity index (χ0v) is 13.7. The normalized spacial score (nSPS) is 11.0. The van der Waals surface area contributed by atoms with Crippen molar-refractivity contribution in [2.24, 2.45) is 7.05 Å². The molecule has 130 valence electrons. The summed E-state index contributed by atoms with van der Waals surface area (Å²) in [5, 5.41) is 25.8. The van der Waals surface area contributed by atoms with Gasteiger partial charge in [-0.1, -0.05) is 12.1 Å². The Bertz CT molecular complexity index is 1100. The number of hydrogen-bond acceptors (Lipinski definition) is 7. The largest absolute Gasteiger partial charge is 0.321 e. The number of H-pyrrole nitrogens is 1. The molecule has 0 unspecified atom stereocenters. The Labute approximate surface area is 147 Å². The highest BCUT2D eigenvalue weighted by atomic mass is 16.6. The van der Waals surface area contributed by atoms with Gasteiger partial charge in [-0.2, -0.15) is 15.2 Å². The molecule has 0 saturated heterocycles. The SMILES string of the molecule is Cn1cc(Nc2nc(Cc3cccc([N+](=O)[O-])c3)c3cn[nH]c3n2)cn1. The Morgan fingerprint density at radius 2 is 2.19 bits per heavy atom. The van der Waals surface area contributed by atoms with E-state index in [0.29, 0.717) is 18.0 Å².